The van der Waals surface area contributed by atoms with E-state index in [1.54, 1.807) is 16.7 Å². The molecule has 0 radical (unpaired) electrons. The van der Waals surface area contributed by atoms with E-state index in [0.717, 1.165) is 12.0 Å². The summed E-state index contributed by atoms with van der Waals surface area (Å²) >= 11 is 1.78. The summed E-state index contributed by atoms with van der Waals surface area (Å²) in [6.45, 7) is 2.98. The lowest BCUT2D eigenvalue weighted by Gasteiger charge is -2.33. The Morgan fingerprint density at radius 2 is 2.05 bits per heavy atom. The van der Waals surface area contributed by atoms with Crippen molar-refractivity contribution < 1.29 is 9.59 Å². The van der Waals surface area contributed by atoms with Crippen LogP contribution in [0.4, 0.5) is 0 Å². The van der Waals surface area contributed by atoms with Crippen molar-refractivity contribution >= 4 is 23.6 Å². The Morgan fingerprint density at radius 1 is 1.33 bits per heavy atom. The number of piperazine rings is 1. The van der Waals surface area contributed by atoms with Crippen LogP contribution in [-0.4, -0.2) is 47.4 Å². The maximum absolute atomic E-state index is 12.5. The Morgan fingerprint density at radius 3 is 2.71 bits per heavy atom. The maximum atomic E-state index is 12.5. The van der Waals surface area contributed by atoms with Gasteiger partial charge in [-0.3, -0.25) is 9.59 Å². The predicted octanol–water partition coefficient (Wildman–Crippen LogP) is 1.70. The normalized spacial score (nSPS) is 20.3. The molecule has 4 nitrogen and oxygen atoms in total. The number of carbonyl (C=O) groups excluding carboxylic acids is 2. The molecule has 0 saturated carbocycles. The zero-order valence-electron chi connectivity index (χ0n) is 12.5. The molecule has 0 spiro atoms. The smallest absolute Gasteiger partial charge is 0.245 e. The summed E-state index contributed by atoms with van der Waals surface area (Å²) in [6, 6.07) is 9.37. The predicted molar refractivity (Wildman–Crippen MR) is 86.3 cm³/mol. The SMILES string of the molecule is CSC(C)CCN1CC(=O)NC(Cc2ccccc2)C1=O. The zero-order valence-corrected chi connectivity index (χ0v) is 13.4. The summed E-state index contributed by atoms with van der Waals surface area (Å²) in [5, 5.41) is 3.31. The van der Waals surface area contributed by atoms with Gasteiger partial charge in [0.2, 0.25) is 11.8 Å². The van der Waals surface area contributed by atoms with E-state index in [9.17, 15) is 9.59 Å². The molecule has 114 valence electrons. The summed E-state index contributed by atoms with van der Waals surface area (Å²) in [4.78, 5) is 26.0. The highest BCUT2D eigenvalue weighted by atomic mass is 32.2. The van der Waals surface area contributed by atoms with Gasteiger partial charge < -0.3 is 10.2 Å². The summed E-state index contributed by atoms with van der Waals surface area (Å²) in [6.07, 6.45) is 3.53. The van der Waals surface area contributed by atoms with Gasteiger partial charge in [-0.2, -0.15) is 11.8 Å². The number of rotatable bonds is 6. The van der Waals surface area contributed by atoms with Crippen LogP contribution in [0.2, 0.25) is 0 Å². The molecule has 2 unspecified atom stereocenters. The molecule has 5 heteroatoms. The summed E-state index contributed by atoms with van der Waals surface area (Å²) in [5.74, 6) is -0.0286. The Balaban J connectivity index is 1.98. The molecule has 1 saturated heterocycles. The van der Waals surface area contributed by atoms with Crippen molar-refractivity contribution in [2.45, 2.75) is 31.1 Å². The highest BCUT2D eigenvalue weighted by molar-refractivity contribution is 7.99. The highest BCUT2D eigenvalue weighted by Crippen LogP contribution is 2.14. The van der Waals surface area contributed by atoms with Gasteiger partial charge in [0.25, 0.3) is 0 Å². The van der Waals surface area contributed by atoms with E-state index in [-0.39, 0.29) is 18.4 Å². The van der Waals surface area contributed by atoms with E-state index >= 15 is 0 Å². The van der Waals surface area contributed by atoms with Crippen molar-refractivity contribution in [3.05, 3.63) is 35.9 Å². The van der Waals surface area contributed by atoms with Crippen LogP contribution in [0, 0.1) is 0 Å². The Labute approximate surface area is 130 Å². The third-order valence-electron chi connectivity index (χ3n) is 3.77. The summed E-state index contributed by atoms with van der Waals surface area (Å²) in [5.41, 5.74) is 1.07. The minimum absolute atomic E-state index is 0.0340. The Hall–Kier alpha value is -1.49. The molecule has 2 amide bonds. The Kier molecular flexibility index (Phi) is 5.67. The first-order valence-corrected chi connectivity index (χ1v) is 8.54. The lowest BCUT2D eigenvalue weighted by Crippen LogP contribution is -2.59. The number of benzene rings is 1. The number of nitrogens with zero attached hydrogens (tertiary/aromatic N) is 1. The fourth-order valence-electron chi connectivity index (χ4n) is 2.41. The van der Waals surface area contributed by atoms with E-state index in [4.69, 9.17) is 0 Å². The molecule has 0 bridgehead atoms. The standard InChI is InChI=1S/C16H22N2O2S/c1-12(21-2)8-9-18-11-15(19)17-14(16(18)20)10-13-6-4-3-5-7-13/h3-7,12,14H,8-11H2,1-2H3,(H,17,19). The van der Waals surface area contributed by atoms with Crippen LogP contribution < -0.4 is 5.32 Å². The molecule has 1 heterocycles. The molecule has 1 aliphatic rings. The lowest BCUT2D eigenvalue weighted by atomic mass is 10.0. The largest absolute Gasteiger partial charge is 0.342 e. The molecule has 21 heavy (non-hydrogen) atoms. The van der Waals surface area contributed by atoms with Crippen molar-refractivity contribution in [2.75, 3.05) is 19.3 Å². The quantitative estimate of drug-likeness (QED) is 0.870. The number of thioether (sulfide) groups is 1. The van der Waals surface area contributed by atoms with E-state index in [1.165, 1.54) is 0 Å². The van der Waals surface area contributed by atoms with Crippen molar-refractivity contribution in [2.24, 2.45) is 0 Å². The number of hydrogen-bond donors (Lipinski definition) is 1. The second kappa shape index (κ2) is 7.50. The molecule has 2 atom stereocenters. The molecule has 1 fully saturated rings. The molecule has 1 aromatic carbocycles. The molecular weight excluding hydrogens is 284 g/mol. The minimum Gasteiger partial charge on any atom is -0.342 e. The van der Waals surface area contributed by atoms with Crippen molar-refractivity contribution in [1.29, 1.82) is 0 Å². The molecule has 2 rings (SSSR count). The van der Waals surface area contributed by atoms with Crippen LogP contribution in [-0.2, 0) is 16.0 Å². The van der Waals surface area contributed by atoms with Crippen molar-refractivity contribution in [3.63, 3.8) is 0 Å². The van der Waals surface area contributed by atoms with Crippen LogP contribution in [0.25, 0.3) is 0 Å². The van der Waals surface area contributed by atoms with E-state index < -0.39 is 6.04 Å². The summed E-state index contributed by atoms with van der Waals surface area (Å²) < 4.78 is 0. The molecule has 0 aliphatic carbocycles. The second-order valence-electron chi connectivity index (χ2n) is 5.40. The van der Waals surface area contributed by atoms with Gasteiger partial charge in [-0.15, -0.1) is 0 Å². The van der Waals surface area contributed by atoms with Crippen LogP contribution in [0.1, 0.15) is 18.9 Å². The summed E-state index contributed by atoms with van der Waals surface area (Å²) in [7, 11) is 0. The first-order chi connectivity index (χ1) is 10.1. The molecular formula is C16H22N2O2S. The monoisotopic (exact) mass is 306 g/mol. The molecule has 1 aliphatic heterocycles. The van der Waals surface area contributed by atoms with Gasteiger partial charge in [-0.1, -0.05) is 37.3 Å². The molecule has 1 aromatic rings. The maximum Gasteiger partial charge on any atom is 0.245 e. The van der Waals surface area contributed by atoms with E-state index in [2.05, 4.69) is 18.5 Å². The third kappa shape index (κ3) is 4.49. The first-order valence-electron chi connectivity index (χ1n) is 7.25. The molecule has 0 aromatic heterocycles. The average molecular weight is 306 g/mol. The van der Waals surface area contributed by atoms with Crippen LogP contribution >= 0.6 is 11.8 Å². The number of amides is 2. The molecule has 1 N–H and O–H groups in total. The Bertz CT molecular complexity index is 492. The fraction of sp³-hybridized carbons (Fsp3) is 0.500. The minimum atomic E-state index is -0.432. The van der Waals surface area contributed by atoms with Gasteiger partial charge in [0.1, 0.15) is 6.04 Å². The van der Waals surface area contributed by atoms with E-state index in [0.29, 0.717) is 18.2 Å². The number of hydrogen-bond acceptors (Lipinski definition) is 3. The lowest BCUT2D eigenvalue weighted by molar-refractivity contribution is -0.144. The van der Waals surface area contributed by atoms with Crippen molar-refractivity contribution in [3.8, 4) is 0 Å². The highest BCUT2D eigenvalue weighted by Gasteiger charge is 2.32. The van der Waals surface area contributed by atoms with Gasteiger partial charge in [-0.05, 0) is 18.2 Å². The average Bonchev–Trinajstić information content (AvgIpc) is 2.49. The van der Waals surface area contributed by atoms with Crippen molar-refractivity contribution in [1.82, 2.24) is 10.2 Å². The number of nitrogens with one attached hydrogen (secondary N) is 1. The topological polar surface area (TPSA) is 49.4 Å². The van der Waals surface area contributed by atoms with E-state index in [1.807, 2.05) is 30.3 Å². The van der Waals surface area contributed by atoms with Gasteiger partial charge in [0.15, 0.2) is 0 Å². The van der Waals surface area contributed by atoms with Gasteiger partial charge in [0, 0.05) is 18.2 Å². The zero-order chi connectivity index (χ0) is 15.2. The van der Waals surface area contributed by atoms with Gasteiger partial charge in [-0.25, -0.2) is 0 Å². The second-order valence-corrected chi connectivity index (χ2v) is 6.68. The fourth-order valence-corrected chi connectivity index (χ4v) is 2.75. The first kappa shape index (κ1) is 15.9. The van der Waals surface area contributed by atoms with Gasteiger partial charge in [0.05, 0.1) is 6.54 Å². The number of carbonyl (C=O) groups is 2. The third-order valence-corrected chi connectivity index (χ3v) is 4.81. The van der Waals surface area contributed by atoms with Crippen LogP contribution in [0.3, 0.4) is 0 Å². The van der Waals surface area contributed by atoms with Crippen LogP contribution in [0.15, 0.2) is 30.3 Å². The van der Waals surface area contributed by atoms with Gasteiger partial charge >= 0.3 is 0 Å². The van der Waals surface area contributed by atoms with Crippen LogP contribution in [0.5, 0.6) is 0 Å².